The number of amides is 1. The summed E-state index contributed by atoms with van der Waals surface area (Å²) in [7, 11) is 0. The summed E-state index contributed by atoms with van der Waals surface area (Å²) in [5.74, 6) is 1.69. The molecule has 3 nitrogen and oxygen atoms in total. The summed E-state index contributed by atoms with van der Waals surface area (Å²) < 4.78 is 0. The van der Waals surface area contributed by atoms with Crippen LogP contribution in [0.25, 0.3) is 10.9 Å². The largest absolute Gasteiger partial charge is 0.361 e. The van der Waals surface area contributed by atoms with Gasteiger partial charge in [-0.2, -0.15) is 0 Å². The highest BCUT2D eigenvalue weighted by Crippen LogP contribution is 2.30. The molecule has 0 aliphatic heterocycles. The predicted molar refractivity (Wildman–Crippen MR) is 86.4 cm³/mol. The highest BCUT2D eigenvalue weighted by molar-refractivity contribution is 5.97. The molecule has 2 N–H and O–H groups in total. The van der Waals surface area contributed by atoms with Gasteiger partial charge in [0.2, 0.25) is 0 Å². The van der Waals surface area contributed by atoms with Gasteiger partial charge in [-0.05, 0) is 48.3 Å². The van der Waals surface area contributed by atoms with Gasteiger partial charge in [-0.3, -0.25) is 4.79 Å². The maximum Gasteiger partial charge on any atom is 0.251 e. The van der Waals surface area contributed by atoms with E-state index in [9.17, 15) is 4.79 Å². The summed E-state index contributed by atoms with van der Waals surface area (Å²) in [6, 6.07) is 7.83. The van der Waals surface area contributed by atoms with Crippen molar-refractivity contribution in [3.05, 3.63) is 36.0 Å². The van der Waals surface area contributed by atoms with Crippen LogP contribution in [-0.2, 0) is 0 Å². The van der Waals surface area contributed by atoms with E-state index in [0.29, 0.717) is 0 Å². The number of rotatable bonds is 4. The van der Waals surface area contributed by atoms with Crippen LogP contribution in [0, 0.1) is 11.8 Å². The molecule has 2 aromatic rings. The van der Waals surface area contributed by atoms with Crippen molar-refractivity contribution in [2.24, 2.45) is 11.8 Å². The highest BCUT2D eigenvalue weighted by Gasteiger charge is 2.18. The highest BCUT2D eigenvalue weighted by atomic mass is 16.1. The first-order chi connectivity index (χ1) is 10.2. The van der Waals surface area contributed by atoms with Gasteiger partial charge in [0, 0.05) is 23.8 Å². The predicted octanol–water partition coefficient (Wildman–Crippen LogP) is 4.11. The Morgan fingerprint density at radius 2 is 2.24 bits per heavy atom. The van der Waals surface area contributed by atoms with Crippen LogP contribution in [0.1, 0.15) is 49.4 Å². The number of benzene rings is 1. The lowest BCUT2D eigenvalue weighted by Crippen LogP contribution is -2.27. The first-order valence-corrected chi connectivity index (χ1v) is 8.07. The molecule has 2 unspecified atom stereocenters. The Morgan fingerprint density at radius 1 is 1.33 bits per heavy atom. The zero-order valence-electron chi connectivity index (χ0n) is 12.7. The minimum Gasteiger partial charge on any atom is -0.361 e. The number of hydrogen-bond acceptors (Lipinski definition) is 1. The van der Waals surface area contributed by atoms with E-state index in [1.54, 1.807) is 0 Å². The van der Waals surface area contributed by atoms with Gasteiger partial charge >= 0.3 is 0 Å². The average Bonchev–Trinajstić information content (AvgIpc) is 2.94. The van der Waals surface area contributed by atoms with Gasteiger partial charge in [0.25, 0.3) is 5.91 Å². The zero-order valence-corrected chi connectivity index (χ0v) is 12.7. The van der Waals surface area contributed by atoms with Gasteiger partial charge in [-0.25, -0.2) is 0 Å². The lowest BCUT2D eigenvalue weighted by atomic mass is 9.81. The van der Waals surface area contributed by atoms with E-state index in [2.05, 4.69) is 17.2 Å². The second kappa shape index (κ2) is 6.33. The van der Waals surface area contributed by atoms with Crippen LogP contribution in [-0.4, -0.2) is 17.4 Å². The maximum absolute atomic E-state index is 12.2. The van der Waals surface area contributed by atoms with Crippen molar-refractivity contribution in [3.63, 3.8) is 0 Å². The summed E-state index contributed by atoms with van der Waals surface area (Å²) in [6.07, 6.45) is 8.39. The molecule has 21 heavy (non-hydrogen) atoms. The number of nitrogens with one attached hydrogen (secondary N) is 2. The Kier molecular flexibility index (Phi) is 4.28. The third-order valence-corrected chi connectivity index (χ3v) is 4.70. The molecule has 1 aliphatic carbocycles. The maximum atomic E-state index is 12.2. The van der Waals surface area contributed by atoms with Gasteiger partial charge < -0.3 is 10.3 Å². The summed E-state index contributed by atoms with van der Waals surface area (Å²) in [5.41, 5.74) is 1.76. The molecule has 3 rings (SSSR count). The van der Waals surface area contributed by atoms with Crippen LogP contribution in [0.3, 0.4) is 0 Å². The number of carbonyl (C=O) groups is 1. The quantitative estimate of drug-likeness (QED) is 0.871. The molecule has 1 saturated carbocycles. The van der Waals surface area contributed by atoms with Crippen molar-refractivity contribution in [2.45, 2.75) is 39.0 Å². The standard InChI is InChI=1S/C18H24N2O/c1-13-3-2-4-14(11-13)7-9-20-18(21)16-6-5-15-8-10-19-17(15)12-16/h5-6,8,10,12-14,19H,2-4,7,9,11H2,1H3,(H,20,21). The minimum atomic E-state index is 0.0374. The van der Waals surface area contributed by atoms with Crippen LogP contribution in [0.2, 0.25) is 0 Å². The fourth-order valence-electron chi connectivity index (χ4n) is 3.50. The van der Waals surface area contributed by atoms with Gasteiger partial charge in [0.15, 0.2) is 0 Å². The minimum absolute atomic E-state index is 0.0374. The van der Waals surface area contributed by atoms with Crippen LogP contribution in [0.5, 0.6) is 0 Å². The first-order valence-electron chi connectivity index (χ1n) is 8.07. The molecule has 1 aromatic heterocycles. The van der Waals surface area contributed by atoms with E-state index in [1.165, 1.54) is 25.7 Å². The fourth-order valence-corrected chi connectivity index (χ4v) is 3.50. The third-order valence-electron chi connectivity index (χ3n) is 4.70. The Hall–Kier alpha value is -1.77. The smallest absolute Gasteiger partial charge is 0.251 e. The van der Waals surface area contributed by atoms with E-state index in [-0.39, 0.29) is 5.91 Å². The second-order valence-electron chi connectivity index (χ2n) is 6.46. The molecule has 1 aliphatic rings. The van der Waals surface area contributed by atoms with E-state index in [4.69, 9.17) is 0 Å². The first kappa shape index (κ1) is 14.2. The number of aromatic nitrogens is 1. The molecule has 1 fully saturated rings. The van der Waals surface area contributed by atoms with Gasteiger partial charge in [0.1, 0.15) is 0 Å². The van der Waals surface area contributed by atoms with Crippen molar-refractivity contribution in [1.29, 1.82) is 0 Å². The molecule has 1 amide bonds. The fraction of sp³-hybridized carbons (Fsp3) is 0.500. The van der Waals surface area contributed by atoms with E-state index in [1.807, 2.05) is 30.5 Å². The second-order valence-corrected chi connectivity index (χ2v) is 6.46. The molecule has 0 radical (unpaired) electrons. The number of fused-ring (bicyclic) bond motifs is 1. The van der Waals surface area contributed by atoms with Gasteiger partial charge in [-0.1, -0.05) is 32.3 Å². The van der Waals surface area contributed by atoms with Crippen molar-refractivity contribution in [2.75, 3.05) is 6.54 Å². The summed E-state index contributed by atoms with van der Waals surface area (Å²) in [6.45, 7) is 3.13. The topological polar surface area (TPSA) is 44.9 Å². The zero-order chi connectivity index (χ0) is 14.7. The van der Waals surface area contributed by atoms with Gasteiger partial charge in [-0.15, -0.1) is 0 Å². The van der Waals surface area contributed by atoms with Crippen LogP contribution >= 0.6 is 0 Å². The lowest BCUT2D eigenvalue weighted by molar-refractivity contribution is 0.0949. The average molecular weight is 284 g/mol. The van der Waals surface area contributed by atoms with Crippen molar-refractivity contribution < 1.29 is 4.79 Å². The Morgan fingerprint density at radius 3 is 3.10 bits per heavy atom. The Balaban J connectivity index is 1.51. The number of H-pyrrole nitrogens is 1. The summed E-state index contributed by atoms with van der Waals surface area (Å²) in [5, 5.41) is 4.21. The third kappa shape index (κ3) is 3.46. The molecule has 1 aromatic carbocycles. The summed E-state index contributed by atoms with van der Waals surface area (Å²) in [4.78, 5) is 15.3. The molecule has 0 bridgehead atoms. The monoisotopic (exact) mass is 284 g/mol. The molecule has 3 heteroatoms. The van der Waals surface area contributed by atoms with Crippen molar-refractivity contribution in [3.8, 4) is 0 Å². The SMILES string of the molecule is CC1CCCC(CCNC(=O)c2ccc3cc[nH]c3c2)C1. The lowest BCUT2D eigenvalue weighted by Gasteiger charge is -2.26. The molecule has 1 heterocycles. The van der Waals surface area contributed by atoms with E-state index < -0.39 is 0 Å². The molecular formula is C18H24N2O. The van der Waals surface area contributed by atoms with Crippen LogP contribution in [0.15, 0.2) is 30.5 Å². The number of carbonyl (C=O) groups excluding carboxylic acids is 1. The molecular weight excluding hydrogens is 260 g/mol. The number of aromatic amines is 1. The van der Waals surface area contributed by atoms with Crippen LogP contribution in [0.4, 0.5) is 0 Å². The van der Waals surface area contributed by atoms with E-state index >= 15 is 0 Å². The molecule has 112 valence electrons. The van der Waals surface area contributed by atoms with Crippen molar-refractivity contribution >= 4 is 16.8 Å². The summed E-state index contributed by atoms with van der Waals surface area (Å²) >= 11 is 0. The van der Waals surface area contributed by atoms with Crippen molar-refractivity contribution in [1.82, 2.24) is 10.3 Å². The number of hydrogen-bond donors (Lipinski definition) is 2. The Bertz CT molecular complexity index is 616. The normalized spacial score (nSPS) is 22.3. The molecule has 0 spiro atoms. The van der Waals surface area contributed by atoms with Crippen LogP contribution < -0.4 is 5.32 Å². The molecule has 2 atom stereocenters. The molecule has 0 saturated heterocycles. The Labute approximate surface area is 126 Å². The van der Waals surface area contributed by atoms with E-state index in [0.717, 1.165) is 41.3 Å². The van der Waals surface area contributed by atoms with Gasteiger partial charge in [0.05, 0.1) is 0 Å².